The topological polar surface area (TPSA) is 50.2 Å². The second-order valence-corrected chi connectivity index (χ2v) is 6.14. The van der Waals surface area contributed by atoms with Gasteiger partial charge >= 0.3 is 0 Å². The number of thiophene rings is 1. The van der Waals surface area contributed by atoms with Gasteiger partial charge in [0.1, 0.15) is 0 Å². The van der Waals surface area contributed by atoms with Crippen LogP contribution in [0.4, 0.5) is 5.95 Å². The minimum atomic E-state index is 0.486. The van der Waals surface area contributed by atoms with Crippen molar-refractivity contribution in [2.24, 2.45) is 5.10 Å². The van der Waals surface area contributed by atoms with Crippen LogP contribution in [-0.4, -0.2) is 16.2 Å². The summed E-state index contributed by atoms with van der Waals surface area (Å²) in [5.41, 5.74) is 5.78. The molecule has 0 spiro atoms. The van der Waals surface area contributed by atoms with E-state index in [0.29, 0.717) is 5.95 Å². The molecule has 2 heterocycles. The van der Waals surface area contributed by atoms with E-state index in [1.165, 1.54) is 0 Å². The molecule has 0 amide bonds. The fourth-order valence-corrected chi connectivity index (χ4v) is 3.05. The van der Waals surface area contributed by atoms with Crippen molar-refractivity contribution in [3.05, 3.63) is 77.0 Å². The molecule has 0 aliphatic heterocycles. The quantitative estimate of drug-likeness (QED) is 0.432. The fourth-order valence-electron chi connectivity index (χ4n) is 2.46. The number of hydrogen-bond acceptors (Lipinski definition) is 5. The van der Waals surface area contributed by atoms with E-state index >= 15 is 0 Å². The van der Waals surface area contributed by atoms with Gasteiger partial charge in [0.2, 0.25) is 5.95 Å². The van der Waals surface area contributed by atoms with E-state index in [-0.39, 0.29) is 0 Å². The molecule has 2 aromatic carbocycles. The highest BCUT2D eigenvalue weighted by atomic mass is 32.1. The minimum absolute atomic E-state index is 0.486. The minimum Gasteiger partial charge on any atom is -0.245 e. The molecule has 0 fully saturated rings. The molecule has 116 valence electrons. The van der Waals surface area contributed by atoms with Crippen LogP contribution in [0.5, 0.6) is 0 Å². The van der Waals surface area contributed by atoms with Crippen LogP contribution in [0.2, 0.25) is 0 Å². The molecule has 4 nitrogen and oxygen atoms in total. The van der Waals surface area contributed by atoms with Crippen LogP contribution in [0.25, 0.3) is 22.2 Å². The molecule has 0 aliphatic carbocycles. The molecule has 4 aromatic rings. The SMILES string of the molecule is C(=N/Nc1nc(-c2ccccc2)c2ccccc2n1)/c1cccs1. The number of hydrazone groups is 1. The first-order chi connectivity index (χ1) is 11.9. The molecule has 0 saturated heterocycles. The third-order valence-corrected chi connectivity index (χ3v) is 4.36. The summed E-state index contributed by atoms with van der Waals surface area (Å²) >= 11 is 1.63. The molecular weight excluding hydrogens is 316 g/mol. The molecule has 0 bridgehead atoms. The van der Waals surface area contributed by atoms with Crippen LogP contribution in [0.1, 0.15) is 4.88 Å². The highest BCUT2D eigenvalue weighted by molar-refractivity contribution is 7.11. The van der Waals surface area contributed by atoms with E-state index in [1.54, 1.807) is 17.6 Å². The van der Waals surface area contributed by atoms with Crippen molar-refractivity contribution in [3.8, 4) is 11.3 Å². The highest BCUT2D eigenvalue weighted by Crippen LogP contribution is 2.26. The molecular formula is C19H14N4S. The van der Waals surface area contributed by atoms with E-state index < -0.39 is 0 Å². The van der Waals surface area contributed by atoms with Gasteiger partial charge in [-0.15, -0.1) is 11.3 Å². The van der Waals surface area contributed by atoms with Crippen LogP contribution in [0.3, 0.4) is 0 Å². The standard InChI is InChI=1S/C19H14N4S/c1-2-7-14(8-3-1)18-16-10-4-5-11-17(16)21-19(22-18)23-20-13-15-9-6-12-24-15/h1-13H,(H,21,22,23)/b20-13-. The molecule has 0 saturated carbocycles. The number of benzene rings is 2. The number of rotatable bonds is 4. The summed E-state index contributed by atoms with van der Waals surface area (Å²) in [6.07, 6.45) is 1.77. The summed E-state index contributed by atoms with van der Waals surface area (Å²) in [4.78, 5) is 10.3. The van der Waals surface area contributed by atoms with Crippen LogP contribution >= 0.6 is 11.3 Å². The summed E-state index contributed by atoms with van der Waals surface area (Å²) in [5, 5.41) is 7.28. The predicted octanol–water partition coefficient (Wildman–Crippen LogP) is 4.80. The monoisotopic (exact) mass is 330 g/mol. The molecule has 1 N–H and O–H groups in total. The molecule has 4 rings (SSSR count). The average Bonchev–Trinajstić information content (AvgIpc) is 3.15. The van der Waals surface area contributed by atoms with Crippen LogP contribution in [0, 0.1) is 0 Å². The normalized spacial score (nSPS) is 11.2. The zero-order valence-corrected chi connectivity index (χ0v) is 13.6. The van der Waals surface area contributed by atoms with E-state index in [4.69, 9.17) is 0 Å². The lowest BCUT2D eigenvalue weighted by molar-refractivity contribution is 1.16. The van der Waals surface area contributed by atoms with Gasteiger partial charge in [-0.25, -0.2) is 15.4 Å². The van der Waals surface area contributed by atoms with Crippen molar-refractivity contribution in [2.45, 2.75) is 0 Å². The molecule has 5 heteroatoms. The first-order valence-electron chi connectivity index (χ1n) is 7.55. The van der Waals surface area contributed by atoms with E-state index in [0.717, 1.165) is 27.0 Å². The number of anilines is 1. The second-order valence-electron chi connectivity index (χ2n) is 5.16. The van der Waals surface area contributed by atoms with Crippen LogP contribution in [0.15, 0.2) is 77.2 Å². The van der Waals surface area contributed by atoms with Crippen molar-refractivity contribution < 1.29 is 0 Å². The van der Waals surface area contributed by atoms with Crippen molar-refractivity contribution in [1.29, 1.82) is 0 Å². The van der Waals surface area contributed by atoms with Gasteiger partial charge in [-0.2, -0.15) is 5.10 Å². The Morgan fingerprint density at radius 3 is 2.54 bits per heavy atom. The third-order valence-electron chi connectivity index (χ3n) is 3.55. The van der Waals surface area contributed by atoms with Crippen molar-refractivity contribution in [3.63, 3.8) is 0 Å². The molecule has 0 atom stereocenters. The van der Waals surface area contributed by atoms with Gasteiger partial charge < -0.3 is 0 Å². The number of aromatic nitrogens is 2. The summed E-state index contributed by atoms with van der Waals surface area (Å²) in [6, 6.07) is 22.1. The maximum Gasteiger partial charge on any atom is 0.244 e. The second kappa shape index (κ2) is 6.60. The average molecular weight is 330 g/mol. The molecule has 0 unspecified atom stereocenters. The summed E-state index contributed by atoms with van der Waals surface area (Å²) in [5.74, 6) is 0.486. The summed E-state index contributed by atoms with van der Waals surface area (Å²) in [7, 11) is 0. The van der Waals surface area contributed by atoms with Crippen molar-refractivity contribution in [2.75, 3.05) is 5.43 Å². The van der Waals surface area contributed by atoms with Gasteiger partial charge in [0, 0.05) is 15.8 Å². The molecule has 24 heavy (non-hydrogen) atoms. The van der Waals surface area contributed by atoms with Gasteiger partial charge in [-0.1, -0.05) is 54.6 Å². The lowest BCUT2D eigenvalue weighted by Gasteiger charge is -2.08. The Morgan fingerprint density at radius 2 is 1.71 bits per heavy atom. The van der Waals surface area contributed by atoms with Crippen molar-refractivity contribution in [1.82, 2.24) is 9.97 Å². The Labute approximate surface area is 143 Å². The Balaban J connectivity index is 1.74. The first-order valence-corrected chi connectivity index (χ1v) is 8.43. The number of nitrogens with zero attached hydrogens (tertiary/aromatic N) is 3. The summed E-state index contributed by atoms with van der Waals surface area (Å²) in [6.45, 7) is 0. The number of fused-ring (bicyclic) bond motifs is 1. The number of nitrogens with one attached hydrogen (secondary N) is 1. The van der Waals surface area contributed by atoms with Crippen molar-refractivity contribution >= 4 is 34.4 Å². The lowest BCUT2D eigenvalue weighted by Crippen LogP contribution is -1.99. The van der Waals surface area contributed by atoms with Gasteiger partial charge in [-0.3, -0.25) is 0 Å². The zero-order valence-electron chi connectivity index (χ0n) is 12.8. The van der Waals surface area contributed by atoms with Gasteiger partial charge in [0.05, 0.1) is 17.4 Å². The Kier molecular flexibility index (Phi) is 4.00. The van der Waals surface area contributed by atoms with E-state index in [9.17, 15) is 0 Å². The summed E-state index contributed by atoms with van der Waals surface area (Å²) < 4.78 is 0. The highest BCUT2D eigenvalue weighted by Gasteiger charge is 2.08. The Hall–Kier alpha value is -3.05. The largest absolute Gasteiger partial charge is 0.245 e. The lowest BCUT2D eigenvalue weighted by atomic mass is 10.1. The smallest absolute Gasteiger partial charge is 0.244 e. The Morgan fingerprint density at radius 1 is 0.875 bits per heavy atom. The Bertz CT molecular complexity index is 979. The van der Waals surface area contributed by atoms with Gasteiger partial charge in [-0.05, 0) is 17.5 Å². The predicted molar refractivity (Wildman–Crippen MR) is 101 cm³/mol. The number of hydrogen-bond donors (Lipinski definition) is 1. The maximum atomic E-state index is 4.66. The third kappa shape index (κ3) is 3.02. The first kappa shape index (κ1) is 14.5. The van der Waals surface area contributed by atoms with Gasteiger partial charge in [0.25, 0.3) is 0 Å². The molecule has 2 aromatic heterocycles. The van der Waals surface area contributed by atoms with E-state index in [1.807, 2.05) is 72.1 Å². The maximum absolute atomic E-state index is 4.66. The molecule has 0 aliphatic rings. The zero-order chi connectivity index (χ0) is 16.2. The van der Waals surface area contributed by atoms with E-state index in [2.05, 4.69) is 20.5 Å². The van der Waals surface area contributed by atoms with Crippen LogP contribution in [-0.2, 0) is 0 Å². The fraction of sp³-hybridized carbons (Fsp3) is 0. The number of para-hydroxylation sites is 1. The van der Waals surface area contributed by atoms with Crippen LogP contribution < -0.4 is 5.43 Å². The molecule has 0 radical (unpaired) electrons. The van der Waals surface area contributed by atoms with Gasteiger partial charge in [0.15, 0.2) is 0 Å².